The van der Waals surface area contributed by atoms with Gasteiger partial charge in [0.05, 0.1) is 12.3 Å². The lowest BCUT2D eigenvalue weighted by atomic mass is 10.2. The lowest BCUT2D eigenvalue weighted by Gasteiger charge is -2.13. The standard InChI is InChI=1S/C18H19N3O/c19-11-17(22-13-14-7-3-1-4-8-14)18-20-12-16(21-18)15-9-5-2-6-10-15/h1-10,12,17H,11,13,19H2,(H,20,21). The highest BCUT2D eigenvalue weighted by Crippen LogP contribution is 2.21. The highest BCUT2D eigenvalue weighted by molar-refractivity contribution is 5.58. The number of nitrogens with two attached hydrogens (primary N) is 1. The Morgan fingerprint density at radius 2 is 1.68 bits per heavy atom. The van der Waals surface area contributed by atoms with Gasteiger partial charge in [-0.05, 0) is 5.56 Å². The summed E-state index contributed by atoms with van der Waals surface area (Å²) < 4.78 is 5.89. The van der Waals surface area contributed by atoms with Gasteiger partial charge in [0.2, 0.25) is 0 Å². The van der Waals surface area contributed by atoms with Gasteiger partial charge in [0.15, 0.2) is 0 Å². The minimum atomic E-state index is -0.238. The van der Waals surface area contributed by atoms with E-state index in [1.807, 2.05) is 66.9 Å². The molecule has 4 heteroatoms. The Bertz CT molecular complexity index is 695. The van der Waals surface area contributed by atoms with Crippen molar-refractivity contribution in [3.8, 4) is 11.3 Å². The van der Waals surface area contributed by atoms with Crippen LogP contribution in [-0.4, -0.2) is 16.5 Å². The molecule has 3 rings (SSSR count). The van der Waals surface area contributed by atoms with Crippen molar-refractivity contribution in [3.63, 3.8) is 0 Å². The molecule has 1 unspecified atom stereocenters. The number of imidazole rings is 1. The second-order valence-corrected chi connectivity index (χ2v) is 5.06. The third kappa shape index (κ3) is 3.42. The number of ether oxygens (including phenoxy) is 1. The summed E-state index contributed by atoms with van der Waals surface area (Å²) in [4.78, 5) is 7.78. The van der Waals surface area contributed by atoms with E-state index in [0.29, 0.717) is 13.2 Å². The van der Waals surface area contributed by atoms with Gasteiger partial charge in [-0.15, -0.1) is 0 Å². The van der Waals surface area contributed by atoms with Gasteiger partial charge in [-0.1, -0.05) is 60.7 Å². The first-order valence-electron chi connectivity index (χ1n) is 7.33. The third-order valence-corrected chi connectivity index (χ3v) is 3.48. The highest BCUT2D eigenvalue weighted by atomic mass is 16.5. The first-order chi connectivity index (χ1) is 10.9. The summed E-state index contributed by atoms with van der Waals surface area (Å²) in [5.74, 6) is 0.761. The molecule has 0 radical (unpaired) electrons. The van der Waals surface area contributed by atoms with E-state index >= 15 is 0 Å². The molecule has 0 aliphatic rings. The van der Waals surface area contributed by atoms with E-state index in [1.165, 1.54) is 0 Å². The van der Waals surface area contributed by atoms with Crippen molar-refractivity contribution in [2.24, 2.45) is 5.73 Å². The van der Waals surface area contributed by atoms with E-state index in [0.717, 1.165) is 22.6 Å². The molecule has 0 bridgehead atoms. The number of hydrogen-bond acceptors (Lipinski definition) is 3. The van der Waals surface area contributed by atoms with E-state index < -0.39 is 0 Å². The fraction of sp³-hybridized carbons (Fsp3) is 0.167. The molecule has 0 saturated heterocycles. The maximum atomic E-state index is 5.89. The Labute approximate surface area is 130 Å². The van der Waals surface area contributed by atoms with E-state index in [4.69, 9.17) is 10.5 Å². The molecule has 0 spiro atoms. The predicted molar refractivity (Wildman–Crippen MR) is 87.1 cm³/mol. The Balaban J connectivity index is 1.70. The lowest BCUT2D eigenvalue weighted by molar-refractivity contribution is 0.0404. The number of H-pyrrole nitrogens is 1. The third-order valence-electron chi connectivity index (χ3n) is 3.48. The monoisotopic (exact) mass is 293 g/mol. The summed E-state index contributed by atoms with van der Waals surface area (Å²) in [7, 11) is 0. The van der Waals surface area contributed by atoms with E-state index in [9.17, 15) is 0 Å². The summed E-state index contributed by atoms with van der Waals surface area (Å²) in [6.07, 6.45) is 1.65. The SMILES string of the molecule is NCC(OCc1ccccc1)c1nc(-c2ccccc2)c[nH]1. The van der Waals surface area contributed by atoms with Gasteiger partial charge in [0.25, 0.3) is 0 Å². The summed E-state index contributed by atoms with van der Waals surface area (Å²) in [6.45, 7) is 0.901. The topological polar surface area (TPSA) is 63.9 Å². The van der Waals surface area contributed by atoms with Gasteiger partial charge in [0, 0.05) is 18.3 Å². The fourth-order valence-electron chi connectivity index (χ4n) is 2.29. The van der Waals surface area contributed by atoms with Crippen LogP contribution in [0.25, 0.3) is 11.3 Å². The summed E-state index contributed by atoms with van der Waals surface area (Å²) in [5, 5.41) is 0. The number of aromatic nitrogens is 2. The average molecular weight is 293 g/mol. The first-order valence-corrected chi connectivity index (χ1v) is 7.33. The van der Waals surface area contributed by atoms with Gasteiger partial charge in [-0.25, -0.2) is 4.98 Å². The minimum absolute atomic E-state index is 0.238. The predicted octanol–water partition coefficient (Wildman–Crippen LogP) is 3.29. The van der Waals surface area contributed by atoms with E-state index in [1.54, 1.807) is 0 Å². The largest absolute Gasteiger partial charge is 0.364 e. The first kappa shape index (κ1) is 14.5. The van der Waals surface area contributed by atoms with Crippen molar-refractivity contribution in [1.82, 2.24) is 9.97 Å². The molecule has 0 fully saturated rings. The van der Waals surface area contributed by atoms with Crippen LogP contribution in [0.5, 0.6) is 0 Å². The minimum Gasteiger partial charge on any atom is -0.364 e. The molecule has 22 heavy (non-hydrogen) atoms. The molecule has 0 aliphatic carbocycles. The van der Waals surface area contributed by atoms with Crippen LogP contribution in [0.1, 0.15) is 17.5 Å². The number of aromatic amines is 1. The zero-order chi connectivity index (χ0) is 15.2. The number of nitrogens with zero attached hydrogens (tertiary/aromatic N) is 1. The zero-order valence-corrected chi connectivity index (χ0v) is 12.3. The average Bonchev–Trinajstić information content (AvgIpc) is 3.07. The van der Waals surface area contributed by atoms with Crippen LogP contribution in [0.15, 0.2) is 66.9 Å². The maximum absolute atomic E-state index is 5.89. The van der Waals surface area contributed by atoms with Crippen LogP contribution in [0.3, 0.4) is 0 Å². The van der Waals surface area contributed by atoms with Gasteiger partial charge in [-0.3, -0.25) is 0 Å². The molecule has 0 amide bonds. The fourth-order valence-corrected chi connectivity index (χ4v) is 2.29. The van der Waals surface area contributed by atoms with Gasteiger partial charge >= 0.3 is 0 Å². The number of benzene rings is 2. The Kier molecular flexibility index (Phi) is 4.63. The molecule has 1 aromatic heterocycles. The van der Waals surface area contributed by atoms with E-state index in [2.05, 4.69) is 9.97 Å². The Morgan fingerprint density at radius 1 is 1.00 bits per heavy atom. The van der Waals surface area contributed by atoms with Crippen LogP contribution in [0, 0.1) is 0 Å². The zero-order valence-electron chi connectivity index (χ0n) is 12.3. The van der Waals surface area contributed by atoms with Crippen molar-refractivity contribution in [1.29, 1.82) is 0 Å². The van der Waals surface area contributed by atoms with Crippen LogP contribution < -0.4 is 5.73 Å². The van der Waals surface area contributed by atoms with Gasteiger partial charge < -0.3 is 15.5 Å². The molecule has 4 nitrogen and oxygen atoms in total. The summed E-state index contributed by atoms with van der Waals surface area (Å²) in [5.41, 5.74) is 8.93. The molecule has 3 N–H and O–H groups in total. The number of hydrogen-bond donors (Lipinski definition) is 2. The maximum Gasteiger partial charge on any atom is 0.137 e. The molecular formula is C18H19N3O. The molecule has 2 aromatic carbocycles. The molecule has 0 aliphatic heterocycles. The Hall–Kier alpha value is -2.43. The van der Waals surface area contributed by atoms with Crippen LogP contribution in [0.2, 0.25) is 0 Å². The number of rotatable bonds is 6. The van der Waals surface area contributed by atoms with Crippen LogP contribution in [0.4, 0.5) is 0 Å². The lowest BCUT2D eigenvalue weighted by Crippen LogP contribution is -2.17. The van der Waals surface area contributed by atoms with Gasteiger partial charge in [-0.2, -0.15) is 0 Å². The normalized spacial score (nSPS) is 12.2. The van der Waals surface area contributed by atoms with E-state index in [-0.39, 0.29) is 6.10 Å². The van der Waals surface area contributed by atoms with Crippen LogP contribution >= 0.6 is 0 Å². The quantitative estimate of drug-likeness (QED) is 0.733. The van der Waals surface area contributed by atoms with Crippen molar-refractivity contribution in [2.75, 3.05) is 6.54 Å². The molecule has 1 heterocycles. The smallest absolute Gasteiger partial charge is 0.137 e. The second kappa shape index (κ2) is 7.02. The van der Waals surface area contributed by atoms with Crippen molar-refractivity contribution in [2.45, 2.75) is 12.7 Å². The molecule has 1 atom stereocenters. The summed E-state index contributed by atoms with van der Waals surface area (Å²) in [6, 6.07) is 20.1. The molecular weight excluding hydrogens is 274 g/mol. The van der Waals surface area contributed by atoms with Crippen molar-refractivity contribution < 1.29 is 4.74 Å². The van der Waals surface area contributed by atoms with Crippen molar-refractivity contribution >= 4 is 0 Å². The summed E-state index contributed by atoms with van der Waals surface area (Å²) >= 11 is 0. The Morgan fingerprint density at radius 3 is 2.36 bits per heavy atom. The molecule has 3 aromatic rings. The van der Waals surface area contributed by atoms with Crippen molar-refractivity contribution in [3.05, 3.63) is 78.2 Å². The second-order valence-electron chi connectivity index (χ2n) is 5.06. The highest BCUT2D eigenvalue weighted by Gasteiger charge is 2.15. The molecule has 0 saturated carbocycles. The van der Waals surface area contributed by atoms with Gasteiger partial charge in [0.1, 0.15) is 11.9 Å². The van der Waals surface area contributed by atoms with Crippen LogP contribution in [-0.2, 0) is 11.3 Å². The molecule has 112 valence electrons. The number of nitrogens with one attached hydrogen (secondary N) is 1.